The lowest BCUT2D eigenvalue weighted by Gasteiger charge is -2.45. The summed E-state index contributed by atoms with van der Waals surface area (Å²) in [6.45, 7) is 2.79. The normalized spacial score (nSPS) is 32.0. The van der Waals surface area contributed by atoms with Crippen molar-refractivity contribution in [3.05, 3.63) is 0 Å². The Bertz CT molecular complexity index is 500. The number of hydrogen-bond donors (Lipinski definition) is 1. The Kier molecular flexibility index (Phi) is 4.46. The van der Waals surface area contributed by atoms with Crippen molar-refractivity contribution in [3.63, 3.8) is 0 Å². The molecule has 2 amide bonds. The van der Waals surface area contributed by atoms with Gasteiger partial charge in [-0.25, -0.2) is 0 Å². The molecule has 2 fully saturated rings. The number of ether oxygens (including phenoxy) is 1. The van der Waals surface area contributed by atoms with E-state index in [-0.39, 0.29) is 24.2 Å². The van der Waals surface area contributed by atoms with Crippen LogP contribution in [0.25, 0.3) is 0 Å². The van der Waals surface area contributed by atoms with E-state index in [0.717, 1.165) is 17.7 Å². The van der Waals surface area contributed by atoms with Crippen LogP contribution < -0.4 is 5.32 Å². The van der Waals surface area contributed by atoms with E-state index in [0.29, 0.717) is 13.2 Å². The molecule has 2 aliphatic heterocycles. The zero-order chi connectivity index (χ0) is 16.5. The summed E-state index contributed by atoms with van der Waals surface area (Å²) in [5, 5.41) is 2.84. The number of carbonyl (C=O) groups excluding carboxylic acids is 2. The first kappa shape index (κ1) is 16.7. The summed E-state index contributed by atoms with van der Waals surface area (Å²) in [6.07, 6.45) is -3.35. The summed E-state index contributed by atoms with van der Waals surface area (Å²) in [6, 6.07) is 0. The van der Waals surface area contributed by atoms with Gasteiger partial charge in [-0.05, 0) is 19.8 Å². The van der Waals surface area contributed by atoms with Crippen LogP contribution in [0.1, 0.15) is 26.2 Å². The van der Waals surface area contributed by atoms with E-state index in [1.807, 2.05) is 0 Å². The fraction of sp³-hybridized carbons (Fsp3) is 0.769. The average molecular weight is 321 g/mol. The van der Waals surface area contributed by atoms with Crippen LogP contribution in [0.4, 0.5) is 13.2 Å². The summed E-state index contributed by atoms with van der Waals surface area (Å²) in [5.41, 5.74) is -0.783. The third-order valence-electron chi connectivity index (χ3n) is 4.12. The van der Waals surface area contributed by atoms with Crippen LogP contribution >= 0.6 is 0 Å². The maximum absolute atomic E-state index is 12.4. The Labute approximate surface area is 125 Å². The highest BCUT2D eigenvalue weighted by atomic mass is 19.4. The van der Waals surface area contributed by atoms with Crippen LogP contribution in [0.2, 0.25) is 0 Å². The van der Waals surface area contributed by atoms with Crippen LogP contribution in [0.3, 0.4) is 0 Å². The molecule has 0 bridgehead atoms. The molecule has 1 N–H and O–H groups in total. The molecule has 1 unspecified atom stereocenters. The quantitative estimate of drug-likeness (QED) is 0.784. The Balaban J connectivity index is 2.25. The first-order valence-corrected chi connectivity index (χ1v) is 6.96. The van der Waals surface area contributed by atoms with Gasteiger partial charge in [0.15, 0.2) is 0 Å². The fourth-order valence-corrected chi connectivity index (χ4v) is 2.69. The molecule has 0 spiro atoms. The summed E-state index contributed by atoms with van der Waals surface area (Å²) in [5.74, 6) is -3.03. The minimum atomic E-state index is -5.07. The standard InChI is InChI=1S/C13H18F3N3O3/c1-12(8-4-3-5-22-7-8)6-9(20)19(2)11(18-12)17-10(21)13(14,15)16/h8H,3-7H2,1-2H3,(H,17,18,21)/t8?,12-/m0/s1. The first-order chi connectivity index (χ1) is 10.1. The maximum Gasteiger partial charge on any atom is 0.473 e. The highest BCUT2D eigenvalue weighted by Gasteiger charge is 2.45. The van der Waals surface area contributed by atoms with Crippen LogP contribution in [0.5, 0.6) is 0 Å². The van der Waals surface area contributed by atoms with Gasteiger partial charge in [-0.15, -0.1) is 0 Å². The fourth-order valence-electron chi connectivity index (χ4n) is 2.69. The number of aliphatic imine (C=N–C) groups is 1. The molecule has 0 aromatic carbocycles. The van der Waals surface area contributed by atoms with E-state index >= 15 is 0 Å². The van der Waals surface area contributed by atoms with Crippen molar-refractivity contribution in [2.24, 2.45) is 10.9 Å². The highest BCUT2D eigenvalue weighted by Crippen LogP contribution is 2.32. The van der Waals surface area contributed by atoms with Crippen molar-refractivity contribution in [1.82, 2.24) is 10.2 Å². The van der Waals surface area contributed by atoms with Crippen molar-refractivity contribution < 1.29 is 27.5 Å². The average Bonchev–Trinajstić information content (AvgIpc) is 2.44. The second kappa shape index (κ2) is 5.86. The molecule has 22 heavy (non-hydrogen) atoms. The van der Waals surface area contributed by atoms with E-state index in [1.54, 1.807) is 6.92 Å². The van der Waals surface area contributed by atoms with E-state index in [2.05, 4.69) is 10.3 Å². The largest absolute Gasteiger partial charge is 0.473 e. The molecule has 0 aromatic rings. The molecule has 0 saturated carbocycles. The SMILES string of the molecule is CN1C(=O)C[C@@](C)(C2CCCOC2)N/C1=N/C(=O)C(F)(F)F. The van der Waals surface area contributed by atoms with Gasteiger partial charge < -0.3 is 10.1 Å². The summed E-state index contributed by atoms with van der Waals surface area (Å²) in [7, 11) is 1.29. The van der Waals surface area contributed by atoms with Gasteiger partial charge in [0.05, 0.1) is 18.6 Å². The zero-order valence-electron chi connectivity index (χ0n) is 12.4. The van der Waals surface area contributed by atoms with Gasteiger partial charge in [0.25, 0.3) is 0 Å². The van der Waals surface area contributed by atoms with Crippen molar-refractivity contribution >= 4 is 17.8 Å². The topological polar surface area (TPSA) is 71.0 Å². The lowest BCUT2D eigenvalue weighted by Crippen LogP contribution is -2.64. The molecular formula is C13H18F3N3O3. The molecule has 0 aromatic heterocycles. The number of rotatable bonds is 1. The molecule has 6 nitrogen and oxygen atoms in total. The number of nitrogens with one attached hydrogen (secondary N) is 1. The van der Waals surface area contributed by atoms with Gasteiger partial charge >= 0.3 is 12.1 Å². The van der Waals surface area contributed by atoms with Crippen LogP contribution in [-0.2, 0) is 14.3 Å². The van der Waals surface area contributed by atoms with Gasteiger partial charge in [-0.1, -0.05) is 0 Å². The minimum absolute atomic E-state index is 0.0370. The number of halogens is 3. The van der Waals surface area contributed by atoms with E-state index in [9.17, 15) is 22.8 Å². The monoisotopic (exact) mass is 321 g/mol. The molecular weight excluding hydrogens is 303 g/mol. The second-order valence-electron chi connectivity index (χ2n) is 5.82. The maximum atomic E-state index is 12.4. The predicted octanol–water partition coefficient (Wildman–Crippen LogP) is 1.07. The van der Waals surface area contributed by atoms with E-state index in [4.69, 9.17) is 4.74 Å². The lowest BCUT2D eigenvalue weighted by atomic mass is 9.78. The van der Waals surface area contributed by atoms with Gasteiger partial charge in [0.1, 0.15) is 0 Å². The minimum Gasteiger partial charge on any atom is -0.381 e. The lowest BCUT2D eigenvalue weighted by molar-refractivity contribution is -0.169. The van der Waals surface area contributed by atoms with Gasteiger partial charge in [-0.3, -0.25) is 14.5 Å². The van der Waals surface area contributed by atoms with Gasteiger partial charge in [0.2, 0.25) is 11.9 Å². The molecule has 2 aliphatic rings. The molecule has 2 heterocycles. The summed E-state index contributed by atoms with van der Waals surface area (Å²) >= 11 is 0. The van der Waals surface area contributed by atoms with Crippen molar-refractivity contribution in [2.45, 2.75) is 37.9 Å². The van der Waals surface area contributed by atoms with Crippen molar-refractivity contribution in [1.29, 1.82) is 0 Å². The molecule has 2 saturated heterocycles. The molecule has 124 valence electrons. The number of nitrogens with zero attached hydrogens (tertiary/aromatic N) is 2. The third kappa shape index (κ3) is 3.40. The first-order valence-electron chi connectivity index (χ1n) is 6.96. The second-order valence-corrected chi connectivity index (χ2v) is 5.82. The Morgan fingerprint density at radius 3 is 2.73 bits per heavy atom. The van der Waals surface area contributed by atoms with Gasteiger partial charge in [0, 0.05) is 19.6 Å². The molecule has 0 radical (unpaired) electrons. The smallest absolute Gasteiger partial charge is 0.381 e. The Morgan fingerprint density at radius 1 is 1.50 bits per heavy atom. The third-order valence-corrected chi connectivity index (χ3v) is 4.12. The summed E-state index contributed by atoms with van der Waals surface area (Å²) < 4.78 is 42.5. The number of amides is 2. The summed E-state index contributed by atoms with van der Waals surface area (Å²) in [4.78, 5) is 27.1. The number of alkyl halides is 3. The van der Waals surface area contributed by atoms with Crippen LogP contribution in [0, 0.1) is 5.92 Å². The van der Waals surface area contributed by atoms with Crippen molar-refractivity contribution in [3.8, 4) is 0 Å². The number of carbonyl (C=O) groups is 2. The highest BCUT2D eigenvalue weighted by molar-refractivity contribution is 6.05. The van der Waals surface area contributed by atoms with Crippen LogP contribution in [-0.4, -0.2) is 54.7 Å². The molecule has 2 rings (SSSR count). The Morgan fingerprint density at radius 2 is 2.18 bits per heavy atom. The molecule has 0 aliphatic carbocycles. The van der Waals surface area contributed by atoms with Crippen LogP contribution in [0.15, 0.2) is 4.99 Å². The number of guanidine groups is 1. The molecule has 2 atom stereocenters. The van der Waals surface area contributed by atoms with Gasteiger partial charge in [-0.2, -0.15) is 18.2 Å². The predicted molar refractivity (Wildman–Crippen MR) is 71.0 cm³/mol. The Hall–Kier alpha value is -1.64. The van der Waals surface area contributed by atoms with E-state index in [1.165, 1.54) is 7.05 Å². The van der Waals surface area contributed by atoms with E-state index < -0.39 is 17.6 Å². The zero-order valence-corrected chi connectivity index (χ0v) is 12.4. The number of hydrogen-bond acceptors (Lipinski definition) is 3. The van der Waals surface area contributed by atoms with Crippen molar-refractivity contribution in [2.75, 3.05) is 20.3 Å². The molecule has 9 heteroatoms.